The van der Waals surface area contributed by atoms with E-state index in [2.05, 4.69) is 22.3 Å². The van der Waals surface area contributed by atoms with Gasteiger partial charge in [-0.05, 0) is 41.8 Å². The van der Waals surface area contributed by atoms with E-state index < -0.39 is 0 Å². The Labute approximate surface area is 228 Å². The predicted octanol–water partition coefficient (Wildman–Crippen LogP) is 6.71. The summed E-state index contributed by atoms with van der Waals surface area (Å²) < 4.78 is 0. The van der Waals surface area contributed by atoms with E-state index in [9.17, 15) is 4.79 Å². The van der Waals surface area contributed by atoms with E-state index in [1.54, 1.807) is 0 Å². The van der Waals surface area contributed by atoms with E-state index >= 15 is 0 Å². The minimum Gasteiger partial charge on any atom is -0.355 e. The molecule has 0 spiro atoms. The van der Waals surface area contributed by atoms with Gasteiger partial charge in [-0.15, -0.1) is 0 Å². The number of fused-ring (bicyclic) bond motifs is 1. The Morgan fingerprint density at radius 3 is 2.16 bits per heavy atom. The first kappa shape index (κ1) is 25.4. The van der Waals surface area contributed by atoms with Crippen molar-refractivity contribution in [3.8, 4) is 11.4 Å². The average Bonchev–Trinajstić information content (AvgIpc) is 2.97. The molecule has 0 aliphatic rings. The molecule has 1 N–H and O–H groups in total. The zero-order valence-electron chi connectivity index (χ0n) is 21.1. The van der Waals surface area contributed by atoms with Gasteiger partial charge < -0.3 is 10.2 Å². The molecule has 5 rings (SSSR count). The molecular formula is C32H29ClN4O. The van der Waals surface area contributed by atoms with Crippen molar-refractivity contribution in [2.24, 2.45) is 0 Å². The van der Waals surface area contributed by atoms with E-state index in [0.29, 0.717) is 36.9 Å². The molecule has 0 bridgehead atoms. The Bertz CT molecular complexity index is 1510. The van der Waals surface area contributed by atoms with Gasteiger partial charge in [-0.25, -0.2) is 9.97 Å². The van der Waals surface area contributed by atoms with Crippen molar-refractivity contribution in [3.63, 3.8) is 0 Å². The van der Waals surface area contributed by atoms with Crippen LogP contribution in [-0.4, -0.2) is 29.0 Å². The molecule has 0 radical (unpaired) electrons. The van der Waals surface area contributed by atoms with Gasteiger partial charge in [0.25, 0.3) is 0 Å². The van der Waals surface area contributed by atoms with E-state index in [1.807, 2.05) is 97.1 Å². The maximum absolute atomic E-state index is 12.8. The summed E-state index contributed by atoms with van der Waals surface area (Å²) in [6.07, 6.45) is 1.17. The van der Waals surface area contributed by atoms with E-state index in [4.69, 9.17) is 21.6 Å². The molecule has 0 saturated heterocycles. The number of nitrogens with one attached hydrogen (secondary N) is 1. The highest BCUT2D eigenvalue weighted by Gasteiger charge is 2.18. The van der Waals surface area contributed by atoms with Crippen molar-refractivity contribution in [1.29, 1.82) is 0 Å². The van der Waals surface area contributed by atoms with Gasteiger partial charge in [0.05, 0.1) is 10.5 Å². The third kappa shape index (κ3) is 6.36. The van der Waals surface area contributed by atoms with Crippen LogP contribution in [0.1, 0.15) is 17.5 Å². The number of anilines is 1. The Balaban J connectivity index is 1.44. The lowest BCUT2D eigenvalue weighted by molar-refractivity contribution is -0.121. The molecular weight excluding hydrogens is 492 g/mol. The fourth-order valence-corrected chi connectivity index (χ4v) is 4.64. The van der Waals surface area contributed by atoms with Gasteiger partial charge in [0.1, 0.15) is 5.82 Å². The van der Waals surface area contributed by atoms with Crippen molar-refractivity contribution in [2.45, 2.75) is 19.4 Å². The highest BCUT2D eigenvalue weighted by molar-refractivity contribution is 6.33. The molecule has 190 valence electrons. The van der Waals surface area contributed by atoms with Crippen molar-refractivity contribution in [3.05, 3.63) is 125 Å². The molecule has 1 amide bonds. The SMILES string of the molecule is O=C(CCN(CCc1ccccc1)c1nc(-c2ccccc2Cl)nc2ccccc12)NCc1ccccc1. The van der Waals surface area contributed by atoms with Crippen LogP contribution >= 0.6 is 11.6 Å². The van der Waals surface area contributed by atoms with Crippen molar-refractivity contribution in [2.75, 3.05) is 18.0 Å². The van der Waals surface area contributed by atoms with Crippen LogP contribution < -0.4 is 10.2 Å². The zero-order valence-corrected chi connectivity index (χ0v) is 21.8. The molecule has 1 heterocycles. The molecule has 0 aliphatic carbocycles. The maximum Gasteiger partial charge on any atom is 0.222 e. The lowest BCUT2D eigenvalue weighted by Gasteiger charge is -2.25. The summed E-state index contributed by atoms with van der Waals surface area (Å²) in [5, 5.41) is 4.59. The van der Waals surface area contributed by atoms with Crippen molar-refractivity contribution < 1.29 is 4.79 Å². The lowest BCUT2D eigenvalue weighted by Crippen LogP contribution is -2.33. The molecule has 5 aromatic rings. The van der Waals surface area contributed by atoms with E-state index in [1.165, 1.54) is 5.56 Å². The number of hydrogen-bond donors (Lipinski definition) is 1. The van der Waals surface area contributed by atoms with Gasteiger partial charge in [0, 0.05) is 37.0 Å². The van der Waals surface area contributed by atoms with Crippen LogP contribution in [-0.2, 0) is 17.8 Å². The number of benzene rings is 4. The van der Waals surface area contributed by atoms with Gasteiger partial charge in [0.2, 0.25) is 5.91 Å². The predicted molar refractivity (Wildman–Crippen MR) is 155 cm³/mol. The average molecular weight is 521 g/mol. The molecule has 1 aromatic heterocycles. The lowest BCUT2D eigenvalue weighted by atomic mass is 10.1. The Hall–Kier alpha value is -4.22. The first-order chi connectivity index (χ1) is 18.7. The highest BCUT2D eigenvalue weighted by atomic mass is 35.5. The molecule has 0 aliphatic heterocycles. The largest absolute Gasteiger partial charge is 0.355 e. The molecule has 6 heteroatoms. The Kier molecular flexibility index (Phi) is 8.26. The molecule has 5 nitrogen and oxygen atoms in total. The number of carbonyl (C=O) groups is 1. The number of halogens is 1. The number of carbonyl (C=O) groups excluding carboxylic acids is 1. The third-order valence-electron chi connectivity index (χ3n) is 6.45. The minimum absolute atomic E-state index is 0.00301. The first-order valence-corrected chi connectivity index (χ1v) is 13.2. The molecule has 4 aromatic carbocycles. The Morgan fingerprint density at radius 1 is 0.737 bits per heavy atom. The minimum atomic E-state index is 0.00301. The van der Waals surface area contributed by atoms with E-state index in [0.717, 1.165) is 34.3 Å². The number of aromatic nitrogens is 2. The smallest absolute Gasteiger partial charge is 0.222 e. The van der Waals surface area contributed by atoms with Gasteiger partial charge in [-0.3, -0.25) is 4.79 Å². The van der Waals surface area contributed by atoms with Gasteiger partial charge in [0.15, 0.2) is 5.82 Å². The van der Waals surface area contributed by atoms with Gasteiger partial charge >= 0.3 is 0 Å². The number of nitrogens with zero attached hydrogens (tertiary/aromatic N) is 3. The quantitative estimate of drug-likeness (QED) is 0.222. The van der Waals surface area contributed by atoms with Crippen molar-refractivity contribution >= 4 is 34.2 Å². The van der Waals surface area contributed by atoms with Crippen LogP contribution in [0.4, 0.5) is 5.82 Å². The summed E-state index contributed by atoms with van der Waals surface area (Å²) in [6, 6.07) is 35.9. The number of hydrogen-bond acceptors (Lipinski definition) is 4. The van der Waals surface area contributed by atoms with Crippen LogP contribution in [0, 0.1) is 0 Å². The summed E-state index contributed by atoms with van der Waals surface area (Å²) in [5.41, 5.74) is 3.93. The normalized spacial score (nSPS) is 10.9. The third-order valence-corrected chi connectivity index (χ3v) is 6.78. The Morgan fingerprint density at radius 2 is 1.39 bits per heavy atom. The van der Waals surface area contributed by atoms with Crippen LogP contribution in [0.5, 0.6) is 0 Å². The monoisotopic (exact) mass is 520 g/mol. The maximum atomic E-state index is 12.8. The molecule has 0 fully saturated rings. The van der Waals surface area contributed by atoms with Crippen LogP contribution in [0.25, 0.3) is 22.3 Å². The van der Waals surface area contributed by atoms with Gasteiger partial charge in [-0.1, -0.05) is 96.5 Å². The second-order valence-corrected chi connectivity index (χ2v) is 9.51. The van der Waals surface area contributed by atoms with E-state index in [-0.39, 0.29) is 5.91 Å². The molecule has 0 unspecified atom stereocenters. The molecule has 38 heavy (non-hydrogen) atoms. The molecule has 0 atom stereocenters. The fourth-order valence-electron chi connectivity index (χ4n) is 4.42. The number of rotatable bonds is 10. The zero-order chi connectivity index (χ0) is 26.2. The summed E-state index contributed by atoms with van der Waals surface area (Å²) in [6.45, 7) is 1.74. The van der Waals surface area contributed by atoms with Crippen LogP contribution in [0.15, 0.2) is 109 Å². The second kappa shape index (κ2) is 12.3. The summed E-state index contributed by atoms with van der Waals surface area (Å²) in [4.78, 5) is 24.9. The van der Waals surface area contributed by atoms with Crippen LogP contribution in [0.2, 0.25) is 5.02 Å². The number of para-hydroxylation sites is 1. The topological polar surface area (TPSA) is 58.1 Å². The fraction of sp³-hybridized carbons (Fsp3) is 0.156. The highest BCUT2D eigenvalue weighted by Crippen LogP contribution is 2.31. The summed E-state index contributed by atoms with van der Waals surface area (Å²) in [7, 11) is 0. The standard InChI is InChI=1S/C32H29ClN4O/c33-28-17-9-7-15-26(28)31-35-29-18-10-8-16-27(29)32(36-31)37(21-19-24-11-3-1-4-12-24)22-20-30(38)34-23-25-13-5-2-6-14-25/h1-18H,19-23H2,(H,34,38). The van der Waals surface area contributed by atoms with Crippen LogP contribution in [0.3, 0.4) is 0 Å². The second-order valence-electron chi connectivity index (χ2n) is 9.10. The van der Waals surface area contributed by atoms with Crippen molar-refractivity contribution in [1.82, 2.24) is 15.3 Å². The first-order valence-electron chi connectivity index (χ1n) is 12.8. The number of amides is 1. The molecule has 0 saturated carbocycles. The summed E-state index contributed by atoms with van der Waals surface area (Å²) >= 11 is 6.52. The van der Waals surface area contributed by atoms with Gasteiger partial charge in [-0.2, -0.15) is 0 Å². The summed E-state index contributed by atoms with van der Waals surface area (Å²) in [5.74, 6) is 1.38.